The topological polar surface area (TPSA) is 88.2 Å². The first-order valence-electron chi connectivity index (χ1n) is 7.17. The number of aliphatic hydroxyl groups excluding tert-OH is 1. The summed E-state index contributed by atoms with van der Waals surface area (Å²) in [7, 11) is 0. The number of nitrogens with zero attached hydrogens (tertiary/aromatic N) is 1. The van der Waals surface area contributed by atoms with Crippen LogP contribution in [0.15, 0.2) is 0 Å². The van der Waals surface area contributed by atoms with Crippen LogP contribution in [0, 0.1) is 18.8 Å². The normalized spacial score (nSPS) is 22.7. The van der Waals surface area contributed by atoms with Crippen molar-refractivity contribution in [2.24, 2.45) is 11.8 Å². The van der Waals surface area contributed by atoms with Crippen molar-refractivity contribution in [1.29, 1.82) is 0 Å². The summed E-state index contributed by atoms with van der Waals surface area (Å²) in [5.74, 6) is 1.06. The Morgan fingerprint density at radius 2 is 2.05 bits per heavy atom. The van der Waals surface area contributed by atoms with E-state index in [9.17, 15) is 4.79 Å². The zero-order valence-electron chi connectivity index (χ0n) is 11.9. The molecule has 1 aliphatic rings. The summed E-state index contributed by atoms with van der Waals surface area (Å²) >= 11 is 1.39. The van der Waals surface area contributed by atoms with E-state index in [1.54, 1.807) is 0 Å². The predicted octanol–water partition coefficient (Wildman–Crippen LogP) is 1.49. The van der Waals surface area contributed by atoms with Gasteiger partial charge in [-0.05, 0) is 44.4 Å². The molecule has 0 bridgehead atoms. The van der Waals surface area contributed by atoms with Crippen molar-refractivity contribution in [3.63, 3.8) is 0 Å². The molecular weight excluding hydrogens is 274 g/mol. The average molecular weight is 297 g/mol. The van der Waals surface area contributed by atoms with Crippen LogP contribution in [0.5, 0.6) is 0 Å². The fourth-order valence-corrected chi connectivity index (χ4v) is 3.53. The monoisotopic (exact) mass is 297 g/mol. The van der Waals surface area contributed by atoms with E-state index in [1.165, 1.54) is 11.3 Å². The lowest BCUT2D eigenvalue weighted by atomic mass is 9.82. The van der Waals surface area contributed by atoms with Gasteiger partial charge in [0, 0.05) is 18.0 Å². The molecule has 0 atom stereocenters. The average Bonchev–Trinajstić information content (AvgIpc) is 2.75. The molecule has 1 amide bonds. The number of carbonyl (C=O) groups excluding carboxylic acids is 1. The zero-order valence-corrected chi connectivity index (χ0v) is 12.7. The van der Waals surface area contributed by atoms with Gasteiger partial charge in [-0.2, -0.15) is 0 Å². The van der Waals surface area contributed by atoms with E-state index in [1.807, 2.05) is 6.92 Å². The number of hydrogen-bond donors (Lipinski definition) is 3. The third-order valence-corrected chi connectivity index (χ3v) is 5.03. The third kappa shape index (κ3) is 4.18. The Morgan fingerprint density at radius 3 is 2.60 bits per heavy atom. The summed E-state index contributed by atoms with van der Waals surface area (Å²) in [5.41, 5.74) is 6.48. The number of nitrogens with two attached hydrogens (primary N) is 1. The van der Waals surface area contributed by atoms with Gasteiger partial charge in [-0.15, -0.1) is 11.3 Å². The maximum Gasteiger partial charge on any atom is 0.225 e. The van der Waals surface area contributed by atoms with Crippen LogP contribution in [0.1, 0.15) is 36.3 Å². The number of nitrogen functional groups attached to an aromatic ring is 1. The molecule has 6 heteroatoms. The summed E-state index contributed by atoms with van der Waals surface area (Å²) in [6.45, 7) is 2.92. The van der Waals surface area contributed by atoms with Gasteiger partial charge in [0.2, 0.25) is 5.91 Å². The lowest BCUT2D eigenvalue weighted by Gasteiger charge is -2.27. The van der Waals surface area contributed by atoms with Gasteiger partial charge in [-0.25, -0.2) is 4.98 Å². The minimum absolute atomic E-state index is 0.0426. The van der Waals surface area contributed by atoms with Crippen LogP contribution in [0.25, 0.3) is 0 Å². The van der Waals surface area contributed by atoms with Gasteiger partial charge < -0.3 is 16.2 Å². The van der Waals surface area contributed by atoms with Gasteiger partial charge in [-0.3, -0.25) is 4.79 Å². The van der Waals surface area contributed by atoms with Crippen molar-refractivity contribution < 1.29 is 9.90 Å². The fraction of sp³-hybridized carbons (Fsp3) is 0.714. The zero-order chi connectivity index (χ0) is 14.5. The molecule has 0 unspecified atom stereocenters. The molecule has 1 aromatic heterocycles. The van der Waals surface area contributed by atoms with Crippen molar-refractivity contribution in [3.8, 4) is 0 Å². The number of amides is 1. The molecule has 0 aliphatic heterocycles. The van der Waals surface area contributed by atoms with Gasteiger partial charge in [0.25, 0.3) is 0 Å². The van der Waals surface area contributed by atoms with Crippen LogP contribution in [0.3, 0.4) is 0 Å². The maximum atomic E-state index is 11.9. The van der Waals surface area contributed by atoms with E-state index in [0.717, 1.165) is 42.8 Å². The van der Waals surface area contributed by atoms with Crippen molar-refractivity contribution in [2.45, 2.75) is 39.0 Å². The van der Waals surface area contributed by atoms with Crippen LogP contribution < -0.4 is 11.1 Å². The van der Waals surface area contributed by atoms with Crippen LogP contribution in [-0.4, -0.2) is 29.1 Å². The Bertz CT molecular complexity index is 453. The van der Waals surface area contributed by atoms with Crippen LogP contribution in [0.4, 0.5) is 5.13 Å². The molecule has 1 aromatic rings. The minimum Gasteiger partial charge on any atom is -0.396 e. The molecule has 0 spiro atoms. The highest BCUT2D eigenvalue weighted by Gasteiger charge is 2.21. The molecule has 2 rings (SSSR count). The second kappa shape index (κ2) is 7.04. The van der Waals surface area contributed by atoms with Crippen LogP contribution in [0.2, 0.25) is 0 Å². The Balaban J connectivity index is 1.72. The van der Waals surface area contributed by atoms with E-state index in [0.29, 0.717) is 30.0 Å². The highest BCUT2D eigenvalue weighted by atomic mass is 32.1. The summed E-state index contributed by atoms with van der Waals surface area (Å²) in [5, 5.41) is 12.6. The van der Waals surface area contributed by atoms with Crippen molar-refractivity contribution in [1.82, 2.24) is 10.3 Å². The largest absolute Gasteiger partial charge is 0.396 e. The SMILES string of the molecule is Cc1nc(N)sc1CC(=O)NCC1CCC(CO)CC1. The summed E-state index contributed by atoms with van der Waals surface area (Å²) in [6, 6.07) is 0. The second-order valence-electron chi connectivity index (χ2n) is 5.61. The van der Waals surface area contributed by atoms with Gasteiger partial charge in [0.15, 0.2) is 5.13 Å². The second-order valence-corrected chi connectivity index (χ2v) is 6.73. The Labute approximate surface area is 123 Å². The van der Waals surface area contributed by atoms with Gasteiger partial charge >= 0.3 is 0 Å². The molecule has 112 valence electrons. The lowest BCUT2D eigenvalue weighted by molar-refractivity contribution is -0.120. The first-order valence-corrected chi connectivity index (χ1v) is 7.99. The van der Waals surface area contributed by atoms with E-state index in [4.69, 9.17) is 10.8 Å². The number of carbonyl (C=O) groups is 1. The number of thiazole rings is 1. The van der Waals surface area contributed by atoms with Crippen molar-refractivity contribution >= 4 is 22.4 Å². The molecule has 0 saturated heterocycles. The van der Waals surface area contributed by atoms with Gasteiger partial charge in [0.1, 0.15) is 0 Å². The fourth-order valence-electron chi connectivity index (χ4n) is 2.70. The molecule has 1 heterocycles. The molecule has 5 nitrogen and oxygen atoms in total. The highest BCUT2D eigenvalue weighted by molar-refractivity contribution is 7.15. The molecule has 4 N–H and O–H groups in total. The Morgan fingerprint density at radius 1 is 1.40 bits per heavy atom. The molecular formula is C14H23N3O2S. The van der Waals surface area contributed by atoms with Crippen LogP contribution >= 0.6 is 11.3 Å². The summed E-state index contributed by atoms with van der Waals surface area (Å²) < 4.78 is 0. The number of aromatic nitrogens is 1. The minimum atomic E-state index is 0.0426. The van der Waals surface area contributed by atoms with E-state index < -0.39 is 0 Å². The van der Waals surface area contributed by atoms with Gasteiger partial charge in [-0.1, -0.05) is 0 Å². The summed E-state index contributed by atoms with van der Waals surface area (Å²) in [6.07, 6.45) is 4.70. The molecule has 0 aromatic carbocycles. The quantitative estimate of drug-likeness (QED) is 0.768. The standard InChI is InChI=1S/C14H23N3O2S/c1-9-12(20-14(15)17-9)6-13(19)16-7-10-2-4-11(8-18)5-3-10/h10-11,18H,2-8H2,1H3,(H2,15,17)(H,16,19). The highest BCUT2D eigenvalue weighted by Crippen LogP contribution is 2.28. The van der Waals surface area contributed by atoms with Crippen molar-refractivity contribution in [3.05, 3.63) is 10.6 Å². The number of hydrogen-bond acceptors (Lipinski definition) is 5. The van der Waals surface area contributed by atoms with Crippen molar-refractivity contribution in [2.75, 3.05) is 18.9 Å². The third-order valence-electron chi connectivity index (χ3n) is 4.04. The smallest absolute Gasteiger partial charge is 0.225 e. The Hall–Kier alpha value is -1.14. The molecule has 1 saturated carbocycles. The van der Waals surface area contributed by atoms with Gasteiger partial charge in [0.05, 0.1) is 12.1 Å². The number of aryl methyl sites for hydroxylation is 1. The van der Waals surface area contributed by atoms with E-state index in [-0.39, 0.29) is 5.91 Å². The summed E-state index contributed by atoms with van der Waals surface area (Å²) in [4.78, 5) is 17.0. The predicted molar refractivity (Wildman–Crippen MR) is 80.5 cm³/mol. The molecule has 0 radical (unpaired) electrons. The number of anilines is 1. The van der Waals surface area contributed by atoms with Crippen LogP contribution in [-0.2, 0) is 11.2 Å². The number of aliphatic hydroxyl groups is 1. The Kier molecular flexibility index (Phi) is 5.37. The lowest BCUT2D eigenvalue weighted by Crippen LogP contribution is -2.32. The van der Waals surface area contributed by atoms with E-state index in [2.05, 4.69) is 10.3 Å². The molecule has 1 fully saturated rings. The maximum absolute atomic E-state index is 11.9. The first kappa shape index (κ1) is 15.3. The molecule has 1 aliphatic carbocycles. The first-order chi connectivity index (χ1) is 9.58. The number of rotatable bonds is 5. The van der Waals surface area contributed by atoms with E-state index >= 15 is 0 Å². The molecule has 20 heavy (non-hydrogen) atoms. The number of nitrogens with one attached hydrogen (secondary N) is 1.